The van der Waals surface area contributed by atoms with Gasteiger partial charge in [0.2, 0.25) is 0 Å². The molecule has 2 heteroatoms. The van der Waals surface area contributed by atoms with Crippen LogP contribution >= 0.6 is 0 Å². The van der Waals surface area contributed by atoms with E-state index in [2.05, 4.69) is 38.1 Å². The molecule has 2 saturated carbocycles. The maximum atomic E-state index is 14.0. The van der Waals surface area contributed by atoms with Gasteiger partial charge in [0.05, 0.1) is 5.69 Å². The topological polar surface area (TPSA) is 12.9 Å². The van der Waals surface area contributed by atoms with Gasteiger partial charge in [0.1, 0.15) is 5.83 Å². The van der Waals surface area contributed by atoms with E-state index in [-0.39, 0.29) is 7.25 Å². The van der Waals surface area contributed by atoms with Crippen LogP contribution in [-0.4, -0.2) is 4.98 Å². The first-order chi connectivity index (χ1) is 13.1. The van der Waals surface area contributed by atoms with Gasteiger partial charge < -0.3 is 0 Å². The molecule has 2 aliphatic carbocycles. The first-order valence-corrected chi connectivity index (χ1v) is 10.5. The summed E-state index contributed by atoms with van der Waals surface area (Å²) in [6.07, 6.45) is 17.2. The Balaban J connectivity index is 0.000000921. The Kier molecular flexibility index (Phi) is 8.71. The van der Waals surface area contributed by atoms with Crippen molar-refractivity contribution in [3.05, 3.63) is 71.9 Å². The number of rotatable bonds is 6. The van der Waals surface area contributed by atoms with Crippen LogP contribution in [-0.2, 0) is 0 Å². The van der Waals surface area contributed by atoms with Crippen molar-refractivity contribution in [3.8, 4) is 0 Å². The van der Waals surface area contributed by atoms with Crippen molar-refractivity contribution < 1.29 is 5.82 Å². The molecular formula is C25H36FN. The van der Waals surface area contributed by atoms with E-state index in [0.717, 1.165) is 24.1 Å². The summed E-state index contributed by atoms with van der Waals surface area (Å²) in [7, 11) is 0. The van der Waals surface area contributed by atoms with E-state index in [9.17, 15) is 4.39 Å². The number of hydrogen-bond acceptors (Lipinski definition) is 1. The molecule has 1 aromatic rings. The second kappa shape index (κ2) is 11.0. The van der Waals surface area contributed by atoms with Gasteiger partial charge in [-0.1, -0.05) is 64.8 Å². The minimum absolute atomic E-state index is 0. The van der Waals surface area contributed by atoms with Crippen molar-refractivity contribution >= 4 is 6.08 Å². The summed E-state index contributed by atoms with van der Waals surface area (Å²) >= 11 is 0. The lowest BCUT2D eigenvalue weighted by Gasteiger charge is -2.23. The largest absolute Gasteiger partial charge is 0.257 e. The summed E-state index contributed by atoms with van der Waals surface area (Å²) in [6.45, 7) is 11.6. The van der Waals surface area contributed by atoms with E-state index in [1.54, 1.807) is 6.08 Å². The van der Waals surface area contributed by atoms with Crippen molar-refractivity contribution in [3.63, 3.8) is 0 Å². The van der Waals surface area contributed by atoms with Crippen LogP contribution in [0.3, 0.4) is 0 Å². The molecule has 0 spiro atoms. The number of aromatic nitrogens is 1. The highest BCUT2D eigenvalue weighted by atomic mass is 19.1. The van der Waals surface area contributed by atoms with Gasteiger partial charge in [-0.2, -0.15) is 0 Å². The molecule has 0 saturated heterocycles. The van der Waals surface area contributed by atoms with Gasteiger partial charge in [0.25, 0.3) is 0 Å². The van der Waals surface area contributed by atoms with Crippen molar-refractivity contribution in [2.75, 3.05) is 0 Å². The van der Waals surface area contributed by atoms with Crippen molar-refractivity contribution in [1.29, 1.82) is 0 Å². The van der Waals surface area contributed by atoms with E-state index in [1.807, 2.05) is 24.4 Å². The maximum absolute atomic E-state index is 14.0. The molecule has 27 heavy (non-hydrogen) atoms. The van der Waals surface area contributed by atoms with Crippen LogP contribution in [0.2, 0.25) is 0 Å². The summed E-state index contributed by atoms with van der Waals surface area (Å²) in [5, 5.41) is 0. The van der Waals surface area contributed by atoms with Crippen LogP contribution in [0.4, 0.5) is 4.39 Å². The molecule has 0 aromatic carbocycles. The molecule has 3 rings (SSSR count). The van der Waals surface area contributed by atoms with Gasteiger partial charge in [-0.25, -0.2) is 4.39 Å². The molecule has 0 unspecified atom stereocenters. The number of hydrogen-bond donors (Lipinski definition) is 0. The number of halogens is 1. The Morgan fingerprint density at radius 3 is 2.44 bits per heavy atom. The van der Waals surface area contributed by atoms with Gasteiger partial charge in [0, 0.05) is 13.2 Å². The predicted octanol–water partition coefficient (Wildman–Crippen LogP) is 8.18. The average molecular weight is 370 g/mol. The quantitative estimate of drug-likeness (QED) is 0.461. The molecule has 148 valence electrons. The maximum Gasteiger partial charge on any atom is 0.123 e. The number of nitrogens with zero attached hydrogens (tertiary/aromatic N) is 1. The lowest BCUT2D eigenvalue weighted by Crippen LogP contribution is -2.06. The molecule has 2 aliphatic rings. The van der Waals surface area contributed by atoms with E-state index in [0.29, 0.717) is 17.4 Å². The van der Waals surface area contributed by atoms with Gasteiger partial charge >= 0.3 is 0 Å². The van der Waals surface area contributed by atoms with Crippen LogP contribution in [0.5, 0.6) is 0 Å². The molecule has 0 aliphatic heterocycles. The Labute approximate surface area is 166 Å². The van der Waals surface area contributed by atoms with E-state index in [4.69, 9.17) is 0 Å². The molecule has 0 radical (unpaired) electrons. The average Bonchev–Trinajstić information content (AvgIpc) is 3.51. The molecule has 0 atom stereocenters. The lowest BCUT2D eigenvalue weighted by molar-refractivity contribution is 0.442. The Bertz CT molecular complexity index is 694. The molecule has 0 bridgehead atoms. The molecular weight excluding hydrogens is 333 g/mol. The third kappa shape index (κ3) is 6.30. The third-order valence-electron chi connectivity index (χ3n) is 5.16. The molecule has 0 amide bonds. The normalized spacial score (nSPS) is 18.5. The van der Waals surface area contributed by atoms with Crippen LogP contribution in [0.15, 0.2) is 60.6 Å². The highest BCUT2D eigenvalue weighted by Gasteiger charge is 2.27. The second-order valence-electron chi connectivity index (χ2n) is 7.61. The first kappa shape index (κ1) is 21.3. The Morgan fingerprint density at radius 2 is 1.89 bits per heavy atom. The molecule has 1 nitrogen and oxygen atoms in total. The fraction of sp³-hybridized carbons (Fsp3) is 0.480. The standard InChI is InChI=1S/C22H26FN.C3H8.H2/c1-3-19(18-11-12-18)20(16(2)23)13-14-22-21(10-7-15-24-22)17-8-5-4-6-9-17;1-3-2;/h3,7,10,13-15,17-18H,1-2,4-6,8-9,11-12H2;3H2,1-2H3;1H/b14-13-,20-19+;;. The zero-order valence-corrected chi connectivity index (χ0v) is 17.0. The second-order valence-corrected chi connectivity index (χ2v) is 7.61. The molecule has 1 heterocycles. The van der Waals surface area contributed by atoms with Gasteiger partial charge in [-0.15, -0.1) is 0 Å². The highest BCUT2D eigenvalue weighted by molar-refractivity contribution is 5.58. The summed E-state index contributed by atoms with van der Waals surface area (Å²) in [6, 6.07) is 4.18. The minimum Gasteiger partial charge on any atom is -0.257 e. The van der Waals surface area contributed by atoms with Crippen LogP contribution in [0.25, 0.3) is 6.08 Å². The summed E-state index contributed by atoms with van der Waals surface area (Å²) in [5.74, 6) is 0.634. The number of allylic oxidation sites excluding steroid dienone is 5. The van der Waals surface area contributed by atoms with Crippen LogP contribution in [0, 0.1) is 5.92 Å². The van der Waals surface area contributed by atoms with Crippen LogP contribution < -0.4 is 0 Å². The van der Waals surface area contributed by atoms with Crippen LogP contribution in [0.1, 0.15) is 83.8 Å². The fourth-order valence-corrected chi connectivity index (χ4v) is 3.72. The lowest BCUT2D eigenvalue weighted by atomic mass is 9.83. The monoisotopic (exact) mass is 369 g/mol. The van der Waals surface area contributed by atoms with Gasteiger partial charge in [0.15, 0.2) is 0 Å². The highest BCUT2D eigenvalue weighted by Crippen LogP contribution is 2.40. The summed E-state index contributed by atoms with van der Waals surface area (Å²) in [4.78, 5) is 4.54. The first-order valence-electron chi connectivity index (χ1n) is 10.5. The molecule has 1 aromatic heterocycles. The van der Waals surface area contributed by atoms with Gasteiger partial charge in [-0.05, 0) is 66.9 Å². The SMILES string of the molecule is C=C/C(=C(/C=C\c1ncccc1C1CCCCC1)C(=C)F)C1CC1.CCC.[HH]. The smallest absolute Gasteiger partial charge is 0.123 e. The number of pyridine rings is 1. The Hall–Kier alpha value is -1.96. The molecule has 0 N–H and O–H groups in total. The Morgan fingerprint density at radius 1 is 1.22 bits per heavy atom. The fourth-order valence-electron chi connectivity index (χ4n) is 3.72. The van der Waals surface area contributed by atoms with E-state index >= 15 is 0 Å². The van der Waals surface area contributed by atoms with E-state index < -0.39 is 0 Å². The summed E-state index contributed by atoms with van der Waals surface area (Å²) in [5.41, 5.74) is 3.81. The van der Waals surface area contributed by atoms with Crippen molar-refractivity contribution in [1.82, 2.24) is 4.98 Å². The molecule has 2 fully saturated rings. The third-order valence-corrected chi connectivity index (χ3v) is 5.16. The zero-order valence-electron chi connectivity index (χ0n) is 17.0. The van der Waals surface area contributed by atoms with Crippen molar-refractivity contribution in [2.24, 2.45) is 5.92 Å². The minimum atomic E-state index is -0.386. The zero-order chi connectivity index (χ0) is 19.6. The van der Waals surface area contributed by atoms with Gasteiger partial charge in [-0.3, -0.25) is 4.98 Å². The predicted molar refractivity (Wildman–Crippen MR) is 117 cm³/mol. The summed E-state index contributed by atoms with van der Waals surface area (Å²) < 4.78 is 14.0. The van der Waals surface area contributed by atoms with Crippen molar-refractivity contribution in [2.45, 2.75) is 71.1 Å². The van der Waals surface area contributed by atoms with E-state index in [1.165, 1.54) is 44.1 Å².